The number of ether oxygens (including phenoxy) is 1. The maximum absolute atomic E-state index is 12.0. The minimum atomic E-state index is -0.641. The molecule has 1 aliphatic heterocycles. The maximum Gasteiger partial charge on any atom is 0.326 e. The van der Waals surface area contributed by atoms with Crippen LogP contribution in [0.1, 0.15) is 18.9 Å². The smallest absolute Gasteiger partial charge is 0.326 e. The summed E-state index contributed by atoms with van der Waals surface area (Å²) in [5.74, 6) is -1.63. The van der Waals surface area contributed by atoms with Gasteiger partial charge in [0.2, 0.25) is 5.78 Å². The fraction of sp³-hybridized carbons (Fsp3) is 0.357. The minimum Gasteiger partial charge on any atom is -0.465 e. The van der Waals surface area contributed by atoms with Crippen molar-refractivity contribution in [3.63, 3.8) is 0 Å². The first-order chi connectivity index (χ1) is 9.13. The number of hydrogen-bond acceptors (Lipinski definition) is 4. The van der Waals surface area contributed by atoms with Gasteiger partial charge in [-0.25, -0.2) is 0 Å². The zero-order valence-electron chi connectivity index (χ0n) is 10.7. The molecule has 0 saturated heterocycles. The Morgan fingerprint density at radius 1 is 1.26 bits per heavy atom. The number of amides is 1. The van der Waals surface area contributed by atoms with E-state index in [4.69, 9.17) is 4.74 Å². The lowest BCUT2D eigenvalue weighted by Gasteiger charge is -2.21. The van der Waals surface area contributed by atoms with Crippen LogP contribution in [0.25, 0.3) is 0 Å². The molecule has 1 aromatic rings. The van der Waals surface area contributed by atoms with Crippen molar-refractivity contribution >= 4 is 23.3 Å². The molecule has 5 heteroatoms. The second-order valence-electron chi connectivity index (χ2n) is 4.25. The highest BCUT2D eigenvalue weighted by Crippen LogP contribution is 2.25. The van der Waals surface area contributed by atoms with Gasteiger partial charge in [0.15, 0.2) is 0 Å². The zero-order chi connectivity index (χ0) is 13.8. The molecule has 2 rings (SSSR count). The van der Waals surface area contributed by atoms with Gasteiger partial charge in [0, 0.05) is 12.1 Å². The number of fused-ring (bicyclic) bond motifs is 1. The third-order valence-electron chi connectivity index (χ3n) is 2.98. The fourth-order valence-electron chi connectivity index (χ4n) is 2.09. The van der Waals surface area contributed by atoms with E-state index in [2.05, 4.69) is 0 Å². The normalized spacial score (nSPS) is 14.9. The van der Waals surface area contributed by atoms with Crippen molar-refractivity contribution in [2.75, 3.05) is 18.1 Å². The summed E-state index contributed by atoms with van der Waals surface area (Å²) in [6.07, 6.45) is 0.690. The monoisotopic (exact) mass is 261 g/mol. The van der Waals surface area contributed by atoms with Crippen LogP contribution in [0.5, 0.6) is 0 Å². The quantitative estimate of drug-likeness (QED) is 0.603. The second kappa shape index (κ2) is 5.65. The van der Waals surface area contributed by atoms with Crippen molar-refractivity contribution < 1.29 is 19.1 Å². The van der Waals surface area contributed by atoms with E-state index in [1.807, 2.05) is 12.1 Å². The summed E-state index contributed by atoms with van der Waals surface area (Å²) < 4.78 is 4.84. The summed E-state index contributed by atoms with van der Waals surface area (Å²) in [5.41, 5.74) is 1.51. The summed E-state index contributed by atoms with van der Waals surface area (Å²) in [4.78, 5) is 36.5. The van der Waals surface area contributed by atoms with E-state index in [9.17, 15) is 14.4 Å². The van der Waals surface area contributed by atoms with E-state index in [0.29, 0.717) is 12.1 Å². The predicted octanol–water partition coefficient (Wildman–Crippen LogP) is 1.10. The minimum absolute atomic E-state index is 0.176. The van der Waals surface area contributed by atoms with Gasteiger partial charge in [0.25, 0.3) is 5.91 Å². The van der Waals surface area contributed by atoms with Gasteiger partial charge >= 0.3 is 5.97 Å². The highest BCUT2D eigenvalue weighted by molar-refractivity contribution is 6.42. The number of anilines is 1. The summed E-state index contributed by atoms with van der Waals surface area (Å²) in [6, 6.07) is 7.23. The molecule has 1 aliphatic rings. The van der Waals surface area contributed by atoms with Crippen LogP contribution in [0, 0.1) is 0 Å². The Kier molecular flexibility index (Phi) is 3.94. The van der Waals surface area contributed by atoms with Crippen LogP contribution in [-0.4, -0.2) is 30.8 Å². The Morgan fingerprint density at radius 3 is 2.74 bits per heavy atom. The molecule has 0 fully saturated rings. The van der Waals surface area contributed by atoms with E-state index in [0.717, 1.165) is 5.56 Å². The van der Waals surface area contributed by atoms with Gasteiger partial charge in [-0.05, 0) is 25.0 Å². The van der Waals surface area contributed by atoms with Gasteiger partial charge in [-0.15, -0.1) is 0 Å². The molecule has 5 nitrogen and oxygen atoms in total. The third kappa shape index (κ3) is 2.81. The average molecular weight is 261 g/mol. The second-order valence-corrected chi connectivity index (χ2v) is 4.25. The van der Waals surface area contributed by atoms with E-state index < -0.39 is 17.7 Å². The molecule has 0 N–H and O–H groups in total. The molecule has 1 amide bonds. The molecule has 19 heavy (non-hydrogen) atoms. The number of benzene rings is 1. The summed E-state index contributed by atoms with van der Waals surface area (Å²) in [5, 5.41) is 0. The van der Waals surface area contributed by atoms with Gasteiger partial charge in [0.05, 0.1) is 6.61 Å². The van der Waals surface area contributed by atoms with Crippen LogP contribution in [-0.2, 0) is 25.5 Å². The van der Waals surface area contributed by atoms with Crippen LogP contribution >= 0.6 is 0 Å². The number of ketones is 1. The molecule has 0 saturated carbocycles. The van der Waals surface area contributed by atoms with Gasteiger partial charge in [-0.3, -0.25) is 19.3 Å². The number of carbonyl (C=O) groups excluding carboxylic acids is 3. The average Bonchev–Trinajstić information content (AvgIpc) is 2.52. The van der Waals surface area contributed by atoms with E-state index in [1.54, 1.807) is 19.1 Å². The van der Waals surface area contributed by atoms with Crippen molar-refractivity contribution in [3.05, 3.63) is 29.8 Å². The number of carbonyl (C=O) groups is 3. The van der Waals surface area contributed by atoms with E-state index >= 15 is 0 Å². The number of aryl methyl sites for hydroxylation is 1. The number of nitrogens with zero attached hydrogens (tertiary/aromatic N) is 1. The molecule has 1 aromatic carbocycles. The number of Topliss-reactive ketones (excluding diaryl/α,β-unsaturated/α-hetero) is 1. The number of rotatable bonds is 3. The van der Waals surface area contributed by atoms with Gasteiger partial charge in [0.1, 0.15) is 6.54 Å². The molecule has 0 atom stereocenters. The Hall–Kier alpha value is -2.17. The number of esters is 1. The van der Waals surface area contributed by atoms with Crippen molar-refractivity contribution in [3.8, 4) is 0 Å². The van der Waals surface area contributed by atoms with Crippen LogP contribution < -0.4 is 4.90 Å². The molecular weight excluding hydrogens is 246 g/mol. The highest BCUT2D eigenvalue weighted by atomic mass is 16.5. The summed E-state index contributed by atoms with van der Waals surface area (Å²) in [7, 11) is 0. The molecule has 0 bridgehead atoms. The van der Waals surface area contributed by atoms with Crippen molar-refractivity contribution in [1.82, 2.24) is 0 Å². The Labute approximate surface area is 111 Å². The standard InChI is InChI=1S/C14H15NO4/c1-2-19-13(17)9-15-11-6-4-3-5-10(11)7-8-12(16)14(15)18/h3-6H,2,7-9H2,1H3. The molecule has 1 heterocycles. The van der Waals surface area contributed by atoms with E-state index in [1.165, 1.54) is 4.90 Å². The van der Waals surface area contributed by atoms with Crippen LogP contribution in [0.2, 0.25) is 0 Å². The Morgan fingerprint density at radius 2 is 2.00 bits per heavy atom. The highest BCUT2D eigenvalue weighted by Gasteiger charge is 2.29. The Bertz CT molecular complexity index is 524. The number of hydrogen-bond donors (Lipinski definition) is 0. The van der Waals surface area contributed by atoms with E-state index in [-0.39, 0.29) is 19.6 Å². The molecule has 0 unspecified atom stereocenters. The van der Waals surface area contributed by atoms with Gasteiger partial charge in [-0.2, -0.15) is 0 Å². The lowest BCUT2D eigenvalue weighted by molar-refractivity contribution is -0.143. The summed E-state index contributed by atoms with van der Waals surface area (Å²) in [6.45, 7) is 1.72. The molecule has 100 valence electrons. The van der Waals surface area contributed by atoms with Crippen molar-refractivity contribution in [1.29, 1.82) is 0 Å². The maximum atomic E-state index is 12.0. The number of para-hydroxylation sites is 1. The largest absolute Gasteiger partial charge is 0.465 e. The first kappa shape index (κ1) is 13.3. The van der Waals surface area contributed by atoms with Crippen LogP contribution in [0.15, 0.2) is 24.3 Å². The van der Waals surface area contributed by atoms with Gasteiger partial charge < -0.3 is 4.74 Å². The topological polar surface area (TPSA) is 63.7 Å². The van der Waals surface area contributed by atoms with Crippen molar-refractivity contribution in [2.24, 2.45) is 0 Å². The SMILES string of the molecule is CCOC(=O)CN1C(=O)C(=O)CCc2ccccc21. The first-order valence-electron chi connectivity index (χ1n) is 6.21. The fourth-order valence-corrected chi connectivity index (χ4v) is 2.09. The zero-order valence-corrected chi connectivity index (χ0v) is 10.7. The first-order valence-corrected chi connectivity index (χ1v) is 6.21. The molecule has 0 aliphatic carbocycles. The molecule has 0 radical (unpaired) electrons. The Balaban J connectivity index is 2.33. The lowest BCUT2D eigenvalue weighted by Crippen LogP contribution is -2.40. The summed E-state index contributed by atoms with van der Waals surface area (Å²) >= 11 is 0. The lowest BCUT2D eigenvalue weighted by atomic mass is 10.1. The van der Waals surface area contributed by atoms with Gasteiger partial charge in [-0.1, -0.05) is 18.2 Å². The molecule has 0 spiro atoms. The van der Waals surface area contributed by atoms with Crippen LogP contribution in [0.4, 0.5) is 5.69 Å². The molecule has 0 aromatic heterocycles. The third-order valence-corrected chi connectivity index (χ3v) is 2.98. The van der Waals surface area contributed by atoms with Crippen LogP contribution in [0.3, 0.4) is 0 Å². The predicted molar refractivity (Wildman–Crippen MR) is 68.8 cm³/mol. The molecular formula is C14H15NO4. The van der Waals surface area contributed by atoms with Crippen molar-refractivity contribution in [2.45, 2.75) is 19.8 Å².